The number of hydrogen-bond donors (Lipinski definition) is 0. The Morgan fingerprint density at radius 2 is 2.36 bits per heavy atom. The smallest absolute Gasteiger partial charge is 0.0817 e. The van der Waals surface area contributed by atoms with Gasteiger partial charge in [0.25, 0.3) is 0 Å². The van der Waals surface area contributed by atoms with Crippen LogP contribution in [0.5, 0.6) is 0 Å². The molecule has 0 spiro atoms. The third-order valence-electron chi connectivity index (χ3n) is 1.95. The molecule has 0 aliphatic heterocycles. The van der Waals surface area contributed by atoms with Crippen molar-refractivity contribution in [2.45, 2.75) is 19.4 Å². The third-order valence-corrected chi connectivity index (χ3v) is 2.54. The van der Waals surface area contributed by atoms with Crippen LogP contribution in [-0.2, 0) is 17.7 Å². The Morgan fingerprint density at radius 1 is 1.57 bits per heavy atom. The minimum Gasteiger partial charge on any atom is -0.383 e. The molecule has 0 fully saturated rings. The second-order valence-electron chi connectivity index (χ2n) is 2.95. The zero-order valence-electron chi connectivity index (χ0n) is 8.17. The Hall–Kier alpha value is -0.250. The van der Waals surface area contributed by atoms with Gasteiger partial charge >= 0.3 is 0 Å². The summed E-state index contributed by atoms with van der Waals surface area (Å²) in [5.74, 6) is 0.645. The van der Waals surface area contributed by atoms with Crippen molar-refractivity contribution in [3.63, 3.8) is 0 Å². The van der Waals surface area contributed by atoms with E-state index in [1.807, 2.05) is 4.68 Å². The van der Waals surface area contributed by atoms with Crippen LogP contribution in [0.1, 0.15) is 12.1 Å². The highest BCUT2D eigenvalue weighted by Gasteiger charge is 2.07. The topological polar surface area (TPSA) is 27.1 Å². The lowest BCUT2D eigenvalue weighted by Gasteiger charge is -2.06. The molecule has 80 valence electrons. The van der Waals surface area contributed by atoms with Gasteiger partial charge in [0.1, 0.15) is 0 Å². The number of nitrogens with zero attached hydrogens (tertiary/aromatic N) is 2. The minimum atomic E-state index is 0.645. The van der Waals surface area contributed by atoms with E-state index in [-0.39, 0.29) is 0 Å². The first-order chi connectivity index (χ1) is 6.79. The quantitative estimate of drug-likeness (QED) is 0.710. The van der Waals surface area contributed by atoms with Gasteiger partial charge in [-0.25, -0.2) is 0 Å². The van der Waals surface area contributed by atoms with Crippen LogP contribution in [0.25, 0.3) is 0 Å². The Labute approximate surface area is 93.9 Å². The molecular weight excluding hydrogens is 223 g/mol. The molecule has 1 aromatic heterocycles. The normalized spacial score (nSPS) is 10.8. The van der Waals surface area contributed by atoms with E-state index in [0.717, 1.165) is 25.1 Å². The van der Waals surface area contributed by atoms with Gasteiger partial charge < -0.3 is 4.74 Å². The van der Waals surface area contributed by atoms with Crippen molar-refractivity contribution in [3.05, 3.63) is 16.9 Å². The molecule has 1 aromatic rings. The van der Waals surface area contributed by atoms with Crippen molar-refractivity contribution in [3.8, 4) is 0 Å². The molecular formula is C9H14Cl2N2O. The molecule has 0 aliphatic carbocycles. The Bertz CT molecular complexity index is 276. The maximum absolute atomic E-state index is 5.99. The summed E-state index contributed by atoms with van der Waals surface area (Å²) in [6.07, 6.45) is 3.45. The van der Waals surface area contributed by atoms with E-state index in [1.54, 1.807) is 13.3 Å². The van der Waals surface area contributed by atoms with Crippen LogP contribution in [0.15, 0.2) is 6.20 Å². The highest BCUT2D eigenvalue weighted by molar-refractivity contribution is 6.31. The molecule has 1 heterocycles. The molecule has 0 amide bonds. The summed E-state index contributed by atoms with van der Waals surface area (Å²) in [5, 5.41) is 4.88. The lowest BCUT2D eigenvalue weighted by molar-refractivity contribution is 0.182. The molecule has 0 N–H and O–H groups in total. The molecule has 0 bridgehead atoms. The molecule has 1 rings (SSSR count). The largest absolute Gasteiger partial charge is 0.383 e. The standard InChI is InChI=1S/C9H14Cl2N2O/c1-14-6-5-13-9(3-2-4-10)8(11)7-12-13/h7H,2-6H2,1H3. The second kappa shape index (κ2) is 6.27. The zero-order valence-corrected chi connectivity index (χ0v) is 9.68. The van der Waals surface area contributed by atoms with Crippen LogP contribution >= 0.6 is 23.2 Å². The first-order valence-electron chi connectivity index (χ1n) is 4.54. The van der Waals surface area contributed by atoms with Gasteiger partial charge in [0.2, 0.25) is 0 Å². The summed E-state index contributed by atoms with van der Waals surface area (Å²) < 4.78 is 6.86. The molecule has 3 nitrogen and oxygen atoms in total. The van der Waals surface area contributed by atoms with Crippen LogP contribution in [0.4, 0.5) is 0 Å². The number of ether oxygens (including phenoxy) is 1. The summed E-state index contributed by atoms with van der Waals surface area (Å²) in [6, 6.07) is 0. The van der Waals surface area contributed by atoms with Gasteiger partial charge in [-0.15, -0.1) is 11.6 Å². The number of methoxy groups -OCH3 is 1. The van der Waals surface area contributed by atoms with Gasteiger partial charge in [-0.05, 0) is 12.8 Å². The number of halogens is 2. The van der Waals surface area contributed by atoms with E-state index in [4.69, 9.17) is 27.9 Å². The van der Waals surface area contributed by atoms with Crippen LogP contribution in [-0.4, -0.2) is 29.4 Å². The Balaban J connectivity index is 2.62. The monoisotopic (exact) mass is 236 g/mol. The molecule has 0 saturated carbocycles. The van der Waals surface area contributed by atoms with Crippen molar-refractivity contribution in [1.82, 2.24) is 9.78 Å². The fourth-order valence-electron chi connectivity index (χ4n) is 1.24. The van der Waals surface area contributed by atoms with Crippen molar-refractivity contribution in [2.24, 2.45) is 0 Å². The van der Waals surface area contributed by atoms with Crippen LogP contribution in [0, 0.1) is 0 Å². The van der Waals surface area contributed by atoms with E-state index < -0.39 is 0 Å². The van der Waals surface area contributed by atoms with Crippen molar-refractivity contribution in [2.75, 3.05) is 19.6 Å². The van der Waals surface area contributed by atoms with Crippen molar-refractivity contribution < 1.29 is 4.74 Å². The van der Waals surface area contributed by atoms with E-state index >= 15 is 0 Å². The molecule has 14 heavy (non-hydrogen) atoms. The summed E-state index contributed by atoms with van der Waals surface area (Å²) in [6.45, 7) is 1.38. The van der Waals surface area contributed by atoms with Crippen LogP contribution in [0.3, 0.4) is 0 Å². The molecule has 0 unspecified atom stereocenters. The summed E-state index contributed by atoms with van der Waals surface area (Å²) >= 11 is 11.6. The van der Waals surface area contributed by atoms with Gasteiger partial charge in [-0.2, -0.15) is 5.10 Å². The zero-order chi connectivity index (χ0) is 10.4. The number of rotatable bonds is 6. The maximum atomic E-state index is 5.99. The molecule has 0 saturated heterocycles. The van der Waals surface area contributed by atoms with Gasteiger partial charge in [0, 0.05) is 13.0 Å². The lowest BCUT2D eigenvalue weighted by atomic mass is 10.2. The average Bonchev–Trinajstić information content (AvgIpc) is 2.53. The summed E-state index contributed by atoms with van der Waals surface area (Å²) in [7, 11) is 1.67. The average molecular weight is 237 g/mol. The second-order valence-corrected chi connectivity index (χ2v) is 3.73. The van der Waals surface area contributed by atoms with Crippen LogP contribution < -0.4 is 0 Å². The third kappa shape index (κ3) is 3.15. The summed E-state index contributed by atoms with van der Waals surface area (Å²) in [4.78, 5) is 0. The van der Waals surface area contributed by atoms with E-state index in [9.17, 15) is 0 Å². The Morgan fingerprint density at radius 3 is 3.00 bits per heavy atom. The fraction of sp³-hybridized carbons (Fsp3) is 0.667. The first-order valence-corrected chi connectivity index (χ1v) is 5.46. The predicted molar refractivity (Wildman–Crippen MR) is 58.2 cm³/mol. The molecule has 0 radical (unpaired) electrons. The molecule has 0 aromatic carbocycles. The number of aromatic nitrogens is 2. The SMILES string of the molecule is COCCn1ncc(Cl)c1CCCCl. The molecule has 0 atom stereocenters. The van der Waals surface area contributed by atoms with Crippen molar-refractivity contribution in [1.29, 1.82) is 0 Å². The highest BCUT2D eigenvalue weighted by Crippen LogP contribution is 2.16. The number of alkyl halides is 1. The summed E-state index contributed by atoms with van der Waals surface area (Å²) in [5.41, 5.74) is 1.05. The van der Waals surface area contributed by atoms with E-state index in [0.29, 0.717) is 17.5 Å². The highest BCUT2D eigenvalue weighted by atomic mass is 35.5. The Kier molecular flexibility index (Phi) is 5.30. The van der Waals surface area contributed by atoms with Crippen LogP contribution in [0.2, 0.25) is 5.02 Å². The fourth-order valence-corrected chi connectivity index (χ4v) is 1.61. The number of hydrogen-bond acceptors (Lipinski definition) is 2. The maximum Gasteiger partial charge on any atom is 0.0817 e. The van der Waals surface area contributed by atoms with Gasteiger partial charge in [0.05, 0.1) is 30.1 Å². The molecule has 5 heteroatoms. The van der Waals surface area contributed by atoms with Gasteiger partial charge in [0.15, 0.2) is 0 Å². The van der Waals surface area contributed by atoms with Gasteiger partial charge in [-0.1, -0.05) is 11.6 Å². The molecule has 0 aliphatic rings. The van der Waals surface area contributed by atoms with E-state index in [2.05, 4.69) is 5.10 Å². The first kappa shape index (κ1) is 11.8. The van der Waals surface area contributed by atoms with Crippen molar-refractivity contribution >= 4 is 23.2 Å². The predicted octanol–water partition coefficient (Wildman–Crippen LogP) is 2.35. The minimum absolute atomic E-state index is 0.645. The van der Waals surface area contributed by atoms with Gasteiger partial charge in [-0.3, -0.25) is 4.68 Å². The lowest BCUT2D eigenvalue weighted by Crippen LogP contribution is -2.09. The van der Waals surface area contributed by atoms with E-state index in [1.165, 1.54) is 0 Å².